The van der Waals surface area contributed by atoms with Gasteiger partial charge < -0.3 is 19.5 Å². The Kier molecular flexibility index (Phi) is 7.36. The minimum absolute atomic E-state index is 0.0597. The van der Waals surface area contributed by atoms with Crippen LogP contribution < -0.4 is 4.74 Å². The molecule has 4 rings (SSSR count). The number of hydrogen-bond acceptors (Lipinski definition) is 7. The second-order valence-corrected chi connectivity index (χ2v) is 8.41. The van der Waals surface area contributed by atoms with E-state index in [2.05, 4.69) is 4.98 Å². The van der Waals surface area contributed by atoms with Gasteiger partial charge in [0.1, 0.15) is 11.5 Å². The number of likely N-dealkylation sites (tertiary alicyclic amines) is 1. The molecule has 184 valence electrons. The summed E-state index contributed by atoms with van der Waals surface area (Å²) in [5, 5.41) is 11.6. The molecule has 1 N–H and O–H groups in total. The summed E-state index contributed by atoms with van der Waals surface area (Å²) in [7, 11) is 1.43. The number of ether oxygens (including phenoxy) is 2. The van der Waals surface area contributed by atoms with Crippen LogP contribution in [0.4, 0.5) is 0 Å². The number of nitrogens with zero attached hydrogens (tertiary/aromatic N) is 2. The molecule has 9 heteroatoms. The van der Waals surface area contributed by atoms with Crippen molar-refractivity contribution in [3.05, 3.63) is 99.8 Å². The summed E-state index contributed by atoms with van der Waals surface area (Å²) in [6.07, 6.45) is 3.09. The number of benzene rings is 2. The lowest BCUT2D eigenvalue weighted by Gasteiger charge is -2.25. The standard InChI is InChI=1S/C27H23ClN2O6/c1-3-36-27(34)18-6-4-16(5-7-18)15-30-23(17-10-12-29-13-11-17)22(25(32)26(30)33)24(31)20-14-19(28)8-9-21(20)35-2/h4-14,23,31H,3,15H2,1-2H3/b24-22+. The molecule has 2 heterocycles. The van der Waals surface area contributed by atoms with Gasteiger partial charge in [-0.3, -0.25) is 14.6 Å². The van der Waals surface area contributed by atoms with E-state index in [1.54, 1.807) is 67.8 Å². The fraction of sp³-hybridized carbons (Fsp3) is 0.185. The van der Waals surface area contributed by atoms with Gasteiger partial charge in [-0.05, 0) is 60.5 Å². The predicted octanol–water partition coefficient (Wildman–Crippen LogP) is 4.54. The van der Waals surface area contributed by atoms with E-state index >= 15 is 0 Å². The largest absolute Gasteiger partial charge is 0.507 e. The molecule has 2 aromatic carbocycles. The number of amides is 1. The van der Waals surface area contributed by atoms with E-state index in [1.807, 2.05) is 0 Å². The highest BCUT2D eigenvalue weighted by Crippen LogP contribution is 2.42. The van der Waals surface area contributed by atoms with Crippen molar-refractivity contribution >= 4 is 35.0 Å². The first-order chi connectivity index (χ1) is 17.3. The maximum Gasteiger partial charge on any atom is 0.338 e. The molecule has 1 aromatic heterocycles. The van der Waals surface area contributed by atoms with E-state index in [0.29, 0.717) is 27.5 Å². The van der Waals surface area contributed by atoms with Gasteiger partial charge in [0.2, 0.25) is 0 Å². The van der Waals surface area contributed by atoms with Crippen molar-refractivity contribution in [3.8, 4) is 5.75 Å². The number of halogens is 1. The average Bonchev–Trinajstić information content (AvgIpc) is 3.14. The van der Waals surface area contributed by atoms with E-state index in [-0.39, 0.29) is 24.3 Å². The van der Waals surface area contributed by atoms with Gasteiger partial charge in [-0.2, -0.15) is 0 Å². The van der Waals surface area contributed by atoms with E-state index in [0.717, 1.165) is 0 Å². The van der Waals surface area contributed by atoms with Crippen molar-refractivity contribution in [2.24, 2.45) is 0 Å². The van der Waals surface area contributed by atoms with Crippen molar-refractivity contribution in [1.29, 1.82) is 0 Å². The van der Waals surface area contributed by atoms with Crippen LogP contribution in [0.2, 0.25) is 5.02 Å². The lowest BCUT2D eigenvalue weighted by molar-refractivity contribution is -0.140. The Morgan fingerprint density at radius 1 is 1.08 bits per heavy atom. The zero-order valence-electron chi connectivity index (χ0n) is 19.6. The van der Waals surface area contributed by atoms with Crippen LogP contribution in [0.15, 0.2) is 72.6 Å². The number of hydrogen-bond donors (Lipinski definition) is 1. The Hall–Kier alpha value is -4.17. The number of rotatable bonds is 7. The van der Waals surface area contributed by atoms with Crippen LogP contribution in [0.1, 0.15) is 40.0 Å². The Labute approximate surface area is 212 Å². The highest BCUT2D eigenvalue weighted by Gasteiger charge is 2.46. The van der Waals surface area contributed by atoms with Gasteiger partial charge >= 0.3 is 5.97 Å². The topological polar surface area (TPSA) is 106 Å². The smallest absolute Gasteiger partial charge is 0.338 e. The quantitative estimate of drug-likeness (QED) is 0.217. The molecule has 0 saturated carbocycles. The molecule has 1 aliphatic rings. The van der Waals surface area contributed by atoms with Gasteiger partial charge in [0.15, 0.2) is 0 Å². The summed E-state index contributed by atoms with van der Waals surface area (Å²) in [4.78, 5) is 43.8. The molecule has 0 aliphatic carbocycles. The minimum Gasteiger partial charge on any atom is -0.507 e. The van der Waals surface area contributed by atoms with E-state index in [4.69, 9.17) is 21.1 Å². The van der Waals surface area contributed by atoms with Crippen LogP contribution in [0, 0.1) is 0 Å². The number of ketones is 1. The Morgan fingerprint density at radius 2 is 1.78 bits per heavy atom. The van der Waals surface area contributed by atoms with Gasteiger partial charge in [0, 0.05) is 24.0 Å². The van der Waals surface area contributed by atoms with Gasteiger partial charge in [0.25, 0.3) is 11.7 Å². The normalized spacial score (nSPS) is 16.8. The number of aliphatic hydroxyl groups excluding tert-OH is 1. The third-order valence-electron chi connectivity index (χ3n) is 5.80. The second kappa shape index (κ2) is 10.6. The van der Waals surface area contributed by atoms with E-state index in [1.165, 1.54) is 18.1 Å². The molecule has 1 unspecified atom stereocenters. The molecule has 8 nitrogen and oxygen atoms in total. The Balaban J connectivity index is 1.79. The fourth-order valence-electron chi connectivity index (χ4n) is 4.10. The average molecular weight is 507 g/mol. The predicted molar refractivity (Wildman–Crippen MR) is 132 cm³/mol. The third kappa shape index (κ3) is 4.81. The zero-order valence-corrected chi connectivity index (χ0v) is 20.4. The van der Waals surface area contributed by atoms with Gasteiger partial charge in [-0.25, -0.2) is 4.79 Å². The molecule has 3 aromatic rings. The van der Waals surface area contributed by atoms with Crippen molar-refractivity contribution < 1.29 is 29.0 Å². The summed E-state index contributed by atoms with van der Waals surface area (Å²) in [6.45, 7) is 2.04. The first-order valence-electron chi connectivity index (χ1n) is 11.1. The maximum absolute atomic E-state index is 13.2. The molecule has 36 heavy (non-hydrogen) atoms. The van der Waals surface area contributed by atoms with Gasteiger partial charge in [-0.15, -0.1) is 0 Å². The van der Waals surface area contributed by atoms with Crippen LogP contribution in [-0.2, 0) is 20.9 Å². The van der Waals surface area contributed by atoms with Crippen molar-refractivity contribution in [2.45, 2.75) is 19.5 Å². The monoisotopic (exact) mass is 506 g/mol. The summed E-state index contributed by atoms with van der Waals surface area (Å²) in [5.41, 5.74) is 1.76. The molecule has 1 saturated heterocycles. The Morgan fingerprint density at radius 3 is 2.42 bits per heavy atom. The SMILES string of the molecule is CCOC(=O)c1ccc(CN2C(=O)C(=O)/C(=C(/O)c3cc(Cl)ccc3OC)C2c2ccncc2)cc1. The molecular formula is C27H23ClN2O6. The van der Waals surface area contributed by atoms with Crippen molar-refractivity contribution in [1.82, 2.24) is 9.88 Å². The van der Waals surface area contributed by atoms with Crippen molar-refractivity contribution in [2.75, 3.05) is 13.7 Å². The highest BCUT2D eigenvalue weighted by atomic mass is 35.5. The zero-order chi connectivity index (χ0) is 25.8. The summed E-state index contributed by atoms with van der Waals surface area (Å²) in [5.74, 6) is -2.15. The first-order valence-corrected chi connectivity index (χ1v) is 11.5. The molecule has 0 radical (unpaired) electrons. The summed E-state index contributed by atoms with van der Waals surface area (Å²) < 4.78 is 10.4. The molecular weight excluding hydrogens is 484 g/mol. The van der Waals surface area contributed by atoms with E-state index < -0.39 is 29.5 Å². The molecule has 1 aliphatic heterocycles. The van der Waals surface area contributed by atoms with Crippen LogP contribution in [-0.4, -0.2) is 46.4 Å². The number of carbonyl (C=O) groups excluding carboxylic acids is 3. The van der Waals surface area contributed by atoms with Crippen LogP contribution >= 0.6 is 11.6 Å². The number of pyridine rings is 1. The number of methoxy groups -OCH3 is 1. The lowest BCUT2D eigenvalue weighted by atomic mass is 9.95. The molecule has 1 atom stereocenters. The maximum atomic E-state index is 13.2. The van der Waals surface area contributed by atoms with Crippen LogP contribution in [0.3, 0.4) is 0 Å². The molecule has 1 amide bonds. The molecule has 0 bridgehead atoms. The fourth-order valence-corrected chi connectivity index (χ4v) is 4.28. The molecule has 0 spiro atoms. The minimum atomic E-state index is -0.888. The third-order valence-corrected chi connectivity index (χ3v) is 6.03. The highest BCUT2D eigenvalue weighted by molar-refractivity contribution is 6.46. The number of esters is 1. The van der Waals surface area contributed by atoms with Crippen LogP contribution in [0.25, 0.3) is 5.76 Å². The second-order valence-electron chi connectivity index (χ2n) is 7.97. The van der Waals surface area contributed by atoms with Gasteiger partial charge in [0.05, 0.1) is 36.5 Å². The van der Waals surface area contributed by atoms with Gasteiger partial charge in [-0.1, -0.05) is 23.7 Å². The summed E-state index contributed by atoms with van der Waals surface area (Å²) in [6, 6.07) is 13.7. The first kappa shape index (κ1) is 24.9. The number of Topliss-reactive ketones (excluding diaryl/α,β-unsaturated/α-hetero) is 1. The summed E-state index contributed by atoms with van der Waals surface area (Å²) >= 11 is 6.14. The molecule has 1 fully saturated rings. The number of aliphatic hydroxyl groups is 1. The lowest BCUT2D eigenvalue weighted by Crippen LogP contribution is -2.29. The van der Waals surface area contributed by atoms with Crippen molar-refractivity contribution in [3.63, 3.8) is 0 Å². The number of carbonyl (C=O) groups is 3. The van der Waals surface area contributed by atoms with Crippen LogP contribution in [0.5, 0.6) is 5.75 Å². The Bertz CT molecular complexity index is 1340. The number of aromatic nitrogens is 1. The van der Waals surface area contributed by atoms with E-state index in [9.17, 15) is 19.5 Å².